The van der Waals surface area contributed by atoms with Gasteiger partial charge in [-0.05, 0) is 25.0 Å². The van der Waals surface area contributed by atoms with Crippen LogP contribution in [0.2, 0.25) is 0 Å². The first-order valence-corrected chi connectivity index (χ1v) is 5.19. The lowest BCUT2D eigenvalue weighted by atomic mass is 9.93. The molecule has 0 atom stereocenters. The van der Waals surface area contributed by atoms with Crippen LogP contribution in [-0.2, 0) is 13.0 Å². The van der Waals surface area contributed by atoms with Crippen molar-refractivity contribution in [3.05, 3.63) is 23.7 Å². The third-order valence-corrected chi connectivity index (χ3v) is 2.74. The molecule has 0 saturated heterocycles. The van der Waals surface area contributed by atoms with Crippen LogP contribution in [0.3, 0.4) is 0 Å². The lowest BCUT2D eigenvalue weighted by molar-refractivity contribution is 0.322. The summed E-state index contributed by atoms with van der Waals surface area (Å²) in [7, 11) is 0. The predicted octanol–water partition coefficient (Wildman–Crippen LogP) is 2.48. The molecule has 0 unspecified atom stereocenters. The van der Waals surface area contributed by atoms with Crippen LogP contribution in [0.5, 0.6) is 0 Å². The second kappa shape index (κ2) is 3.97. The third kappa shape index (κ3) is 2.13. The Bertz CT molecular complexity index is 263. The molecule has 1 fully saturated rings. The van der Waals surface area contributed by atoms with Gasteiger partial charge >= 0.3 is 0 Å². The molecule has 13 heavy (non-hydrogen) atoms. The summed E-state index contributed by atoms with van der Waals surface area (Å²) in [6, 6.07) is 4.89. The van der Waals surface area contributed by atoms with Gasteiger partial charge in [0.05, 0.1) is 6.54 Å². The smallest absolute Gasteiger partial charge is 0.117 e. The Balaban J connectivity index is 1.79. The first-order chi connectivity index (χ1) is 6.38. The fraction of sp³-hybridized carbons (Fsp3) is 0.636. The molecule has 1 aliphatic rings. The van der Waals surface area contributed by atoms with E-state index in [9.17, 15) is 0 Å². The van der Waals surface area contributed by atoms with E-state index in [2.05, 4.69) is 24.4 Å². The van der Waals surface area contributed by atoms with Crippen molar-refractivity contribution in [1.82, 2.24) is 5.32 Å². The van der Waals surface area contributed by atoms with E-state index >= 15 is 0 Å². The van der Waals surface area contributed by atoms with Crippen LogP contribution in [0.25, 0.3) is 0 Å². The van der Waals surface area contributed by atoms with Gasteiger partial charge in [0.1, 0.15) is 11.5 Å². The summed E-state index contributed by atoms with van der Waals surface area (Å²) in [5.41, 5.74) is 0. The van der Waals surface area contributed by atoms with E-state index in [1.54, 1.807) is 0 Å². The van der Waals surface area contributed by atoms with Crippen molar-refractivity contribution in [2.75, 3.05) is 0 Å². The largest absolute Gasteiger partial charge is 0.465 e. The van der Waals surface area contributed by atoms with Crippen molar-refractivity contribution in [3.63, 3.8) is 0 Å². The molecule has 2 nitrogen and oxygen atoms in total. The van der Waals surface area contributed by atoms with Crippen molar-refractivity contribution < 1.29 is 4.42 Å². The van der Waals surface area contributed by atoms with Crippen molar-refractivity contribution in [2.24, 2.45) is 0 Å². The molecule has 0 aliphatic heterocycles. The van der Waals surface area contributed by atoms with Crippen LogP contribution in [0.15, 0.2) is 16.5 Å². The Morgan fingerprint density at radius 2 is 2.15 bits per heavy atom. The van der Waals surface area contributed by atoms with E-state index in [1.165, 1.54) is 19.3 Å². The van der Waals surface area contributed by atoms with Crippen LogP contribution >= 0.6 is 0 Å². The summed E-state index contributed by atoms with van der Waals surface area (Å²) < 4.78 is 5.59. The molecule has 1 saturated carbocycles. The Morgan fingerprint density at radius 1 is 1.38 bits per heavy atom. The quantitative estimate of drug-likeness (QED) is 0.768. The summed E-state index contributed by atoms with van der Waals surface area (Å²) in [5.74, 6) is 2.16. The maximum absolute atomic E-state index is 5.59. The number of hydrogen-bond donors (Lipinski definition) is 1. The van der Waals surface area contributed by atoms with Gasteiger partial charge < -0.3 is 9.73 Å². The van der Waals surface area contributed by atoms with Crippen LogP contribution in [0.1, 0.15) is 37.7 Å². The summed E-state index contributed by atoms with van der Waals surface area (Å²) in [4.78, 5) is 0. The van der Waals surface area contributed by atoms with Crippen molar-refractivity contribution >= 4 is 0 Å². The second-order valence-corrected chi connectivity index (χ2v) is 3.73. The summed E-state index contributed by atoms with van der Waals surface area (Å²) >= 11 is 0. The van der Waals surface area contributed by atoms with Gasteiger partial charge in [0.25, 0.3) is 0 Å². The molecule has 72 valence electrons. The van der Waals surface area contributed by atoms with Gasteiger partial charge in [-0.2, -0.15) is 0 Å². The average Bonchev–Trinajstić information content (AvgIpc) is 2.49. The number of furan rings is 1. The summed E-state index contributed by atoms with van der Waals surface area (Å²) in [6.45, 7) is 3.01. The van der Waals surface area contributed by atoms with Gasteiger partial charge in [0, 0.05) is 12.5 Å². The van der Waals surface area contributed by atoms with Crippen LogP contribution in [0.4, 0.5) is 0 Å². The highest BCUT2D eigenvalue weighted by Gasteiger charge is 2.16. The number of hydrogen-bond acceptors (Lipinski definition) is 2. The first kappa shape index (κ1) is 8.82. The maximum Gasteiger partial charge on any atom is 0.117 e. The molecule has 1 aromatic rings. The van der Waals surface area contributed by atoms with E-state index in [4.69, 9.17) is 4.42 Å². The fourth-order valence-corrected chi connectivity index (χ4v) is 1.56. The van der Waals surface area contributed by atoms with Gasteiger partial charge in [-0.1, -0.05) is 13.3 Å². The summed E-state index contributed by atoms with van der Waals surface area (Å²) in [6.07, 6.45) is 5.04. The van der Waals surface area contributed by atoms with Crippen LogP contribution in [-0.4, -0.2) is 6.04 Å². The lowest BCUT2D eigenvalue weighted by Crippen LogP contribution is -2.34. The van der Waals surface area contributed by atoms with Gasteiger partial charge in [-0.25, -0.2) is 0 Å². The van der Waals surface area contributed by atoms with Crippen LogP contribution in [0, 0.1) is 0 Å². The fourth-order valence-electron chi connectivity index (χ4n) is 1.56. The molecule has 2 heteroatoms. The van der Waals surface area contributed by atoms with Crippen molar-refractivity contribution in [1.29, 1.82) is 0 Å². The van der Waals surface area contributed by atoms with E-state index in [0.29, 0.717) is 0 Å². The van der Waals surface area contributed by atoms with Gasteiger partial charge in [0.15, 0.2) is 0 Å². The van der Waals surface area contributed by atoms with Gasteiger partial charge in [0.2, 0.25) is 0 Å². The molecule has 0 radical (unpaired) electrons. The molecule has 0 aromatic carbocycles. The highest BCUT2D eigenvalue weighted by molar-refractivity contribution is 5.07. The van der Waals surface area contributed by atoms with E-state index in [0.717, 1.165) is 30.5 Å². The molecule has 1 heterocycles. The SMILES string of the molecule is CCc1ccc(CNC2CCC2)o1. The minimum Gasteiger partial charge on any atom is -0.465 e. The normalized spacial score (nSPS) is 17.3. The molecule has 2 rings (SSSR count). The lowest BCUT2D eigenvalue weighted by Gasteiger charge is -2.25. The number of rotatable bonds is 4. The molecule has 0 amide bonds. The van der Waals surface area contributed by atoms with Gasteiger partial charge in [-0.3, -0.25) is 0 Å². The minimum absolute atomic E-state index is 0.746. The average molecular weight is 179 g/mol. The molecular formula is C11H17NO. The van der Waals surface area contributed by atoms with E-state index < -0.39 is 0 Å². The molecule has 0 spiro atoms. The number of aryl methyl sites for hydroxylation is 1. The standard InChI is InChI=1S/C11H17NO/c1-2-10-6-7-11(13-10)8-12-9-4-3-5-9/h6-7,9,12H,2-5,8H2,1H3. The van der Waals surface area contributed by atoms with Gasteiger partial charge in [-0.15, -0.1) is 0 Å². The molecular weight excluding hydrogens is 162 g/mol. The molecule has 0 bridgehead atoms. The van der Waals surface area contributed by atoms with E-state index in [-0.39, 0.29) is 0 Å². The zero-order valence-electron chi connectivity index (χ0n) is 8.18. The monoisotopic (exact) mass is 179 g/mol. The summed E-state index contributed by atoms with van der Waals surface area (Å²) in [5, 5.41) is 3.48. The first-order valence-electron chi connectivity index (χ1n) is 5.19. The molecule has 1 aliphatic carbocycles. The Kier molecular flexibility index (Phi) is 2.69. The zero-order chi connectivity index (χ0) is 9.10. The Morgan fingerprint density at radius 3 is 2.69 bits per heavy atom. The van der Waals surface area contributed by atoms with Crippen LogP contribution < -0.4 is 5.32 Å². The zero-order valence-corrected chi connectivity index (χ0v) is 8.18. The Labute approximate surface area is 79.3 Å². The van der Waals surface area contributed by atoms with Crippen molar-refractivity contribution in [3.8, 4) is 0 Å². The minimum atomic E-state index is 0.746. The predicted molar refractivity (Wildman–Crippen MR) is 52.6 cm³/mol. The number of nitrogens with one attached hydrogen (secondary N) is 1. The van der Waals surface area contributed by atoms with Crippen molar-refractivity contribution in [2.45, 2.75) is 45.2 Å². The van der Waals surface area contributed by atoms with E-state index in [1.807, 2.05) is 0 Å². The Hall–Kier alpha value is -0.760. The maximum atomic E-state index is 5.59. The molecule has 1 N–H and O–H groups in total. The second-order valence-electron chi connectivity index (χ2n) is 3.73. The highest BCUT2D eigenvalue weighted by atomic mass is 16.3. The molecule has 1 aromatic heterocycles. The topological polar surface area (TPSA) is 25.2 Å². The third-order valence-electron chi connectivity index (χ3n) is 2.74. The highest BCUT2D eigenvalue weighted by Crippen LogP contribution is 2.18.